The van der Waals surface area contributed by atoms with Gasteiger partial charge in [-0.05, 0) is 19.4 Å². The van der Waals surface area contributed by atoms with E-state index in [1.807, 2.05) is 18.7 Å². The van der Waals surface area contributed by atoms with E-state index < -0.39 is 0 Å². The van der Waals surface area contributed by atoms with Gasteiger partial charge in [-0.1, -0.05) is 29.8 Å². The summed E-state index contributed by atoms with van der Waals surface area (Å²) in [4.78, 5) is 3.06. The van der Waals surface area contributed by atoms with E-state index in [4.69, 9.17) is 0 Å². The lowest BCUT2D eigenvalue weighted by atomic mass is 10.1. The summed E-state index contributed by atoms with van der Waals surface area (Å²) >= 11 is 0. The molecular formula is C12H15IN2. The molecule has 2 aromatic rings. The Kier molecular flexibility index (Phi) is 4.32. The Morgan fingerprint density at radius 1 is 1.33 bits per heavy atom. The molecule has 0 bridgehead atoms. The molecule has 1 heterocycles. The van der Waals surface area contributed by atoms with E-state index in [-0.39, 0.29) is 24.0 Å². The summed E-state index contributed by atoms with van der Waals surface area (Å²) in [6.07, 6.45) is 5.96. The summed E-state index contributed by atoms with van der Waals surface area (Å²) in [7, 11) is 0. The number of hydrogen-bond donors (Lipinski definition) is 1. The molecule has 0 aliphatic carbocycles. The number of aryl methyl sites for hydroxylation is 1. The van der Waals surface area contributed by atoms with Crippen LogP contribution in [0.4, 0.5) is 0 Å². The summed E-state index contributed by atoms with van der Waals surface area (Å²) in [6, 6.07) is 9.01. The number of rotatable bonds is 2. The zero-order valence-electron chi connectivity index (χ0n) is 8.94. The van der Waals surface area contributed by atoms with E-state index in [2.05, 4.69) is 47.7 Å². The highest BCUT2D eigenvalue weighted by atomic mass is 127. The van der Waals surface area contributed by atoms with Crippen molar-refractivity contribution >= 4 is 0 Å². The molecule has 0 amide bonds. The number of imidazole rings is 1. The molecule has 0 spiro atoms. The number of nitrogens with one attached hydrogen (secondary N) is 1. The van der Waals surface area contributed by atoms with Crippen molar-refractivity contribution in [2.24, 2.45) is 0 Å². The average molecular weight is 314 g/mol. The van der Waals surface area contributed by atoms with Crippen LogP contribution in [0.3, 0.4) is 0 Å². The second-order valence-corrected chi connectivity index (χ2v) is 3.65. The Balaban J connectivity index is 0.00000112. The zero-order chi connectivity index (χ0) is 9.97. The van der Waals surface area contributed by atoms with Crippen LogP contribution in [0.5, 0.6) is 0 Å². The Bertz CT molecular complexity index is 409. The van der Waals surface area contributed by atoms with Gasteiger partial charge in [0.25, 0.3) is 0 Å². The van der Waals surface area contributed by atoms with Crippen LogP contribution in [0.25, 0.3) is 0 Å². The highest BCUT2D eigenvalue weighted by Gasteiger charge is 2.11. The Morgan fingerprint density at radius 2 is 2.13 bits per heavy atom. The van der Waals surface area contributed by atoms with Gasteiger partial charge in [0, 0.05) is 0 Å². The third-order valence-corrected chi connectivity index (χ3v) is 2.54. The maximum atomic E-state index is 3.06. The molecule has 0 radical (unpaired) electrons. The van der Waals surface area contributed by atoms with Gasteiger partial charge in [-0.25, -0.2) is 4.57 Å². The van der Waals surface area contributed by atoms with E-state index >= 15 is 0 Å². The van der Waals surface area contributed by atoms with Crippen molar-refractivity contribution in [2.45, 2.75) is 19.9 Å². The van der Waals surface area contributed by atoms with E-state index in [1.54, 1.807) is 0 Å². The van der Waals surface area contributed by atoms with Crippen LogP contribution >= 0.6 is 0 Å². The van der Waals surface area contributed by atoms with Gasteiger partial charge >= 0.3 is 0 Å². The summed E-state index contributed by atoms with van der Waals surface area (Å²) in [5.41, 5.74) is 2.65. The first-order valence-electron chi connectivity index (χ1n) is 4.87. The fourth-order valence-electron chi connectivity index (χ4n) is 1.64. The van der Waals surface area contributed by atoms with Crippen LogP contribution in [0.15, 0.2) is 43.0 Å². The fourth-order valence-corrected chi connectivity index (χ4v) is 1.64. The lowest BCUT2D eigenvalue weighted by Gasteiger charge is -2.08. The van der Waals surface area contributed by atoms with Crippen molar-refractivity contribution in [3.05, 3.63) is 54.1 Å². The molecule has 1 aromatic heterocycles. The van der Waals surface area contributed by atoms with Crippen LogP contribution in [-0.4, -0.2) is 4.98 Å². The van der Waals surface area contributed by atoms with Crippen molar-refractivity contribution in [1.29, 1.82) is 0 Å². The third kappa shape index (κ3) is 2.81. The van der Waals surface area contributed by atoms with Crippen LogP contribution in [0.1, 0.15) is 24.1 Å². The predicted octanol–water partition coefficient (Wildman–Crippen LogP) is -0.776. The maximum absolute atomic E-state index is 3.06. The molecule has 2 rings (SSSR count). The lowest BCUT2D eigenvalue weighted by Crippen LogP contribution is -3.00. The maximum Gasteiger partial charge on any atom is 0.242 e. The highest BCUT2D eigenvalue weighted by molar-refractivity contribution is 5.23. The van der Waals surface area contributed by atoms with Crippen LogP contribution in [-0.2, 0) is 0 Å². The van der Waals surface area contributed by atoms with Crippen LogP contribution < -0.4 is 28.5 Å². The molecule has 1 unspecified atom stereocenters. The number of H-pyrrole nitrogens is 1. The van der Waals surface area contributed by atoms with Gasteiger partial charge in [0.05, 0.1) is 0 Å². The number of hydrogen-bond acceptors (Lipinski definition) is 0. The molecule has 0 saturated heterocycles. The molecule has 0 aliphatic rings. The first-order valence-corrected chi connectivity index (χ1v) is 4.87. The SMILES string of the molecule is Cc1cccc(C(C)[n+]2cc[nH]c2)c1.[I-]. The lowest BCUT2D eigenvalue weighted by molar-refractivity contribution is -0.709. The quantitative estimate of drug-likeness (QED) is 0.555. The molecule has 1 aromatic carbocycles. The summed E-state index contributed by atoms with van der Waals surface area (Å²) in [6.45, 7) is 4.32. The van der Waals surface area contributed by atoms with Gasteiger partial charge in [0.2, 0.25) is 6.33 Å². The van der Waals surface area contributed by atoms with Gasteiger partial charge in [-0.2, -0.15) is 0 Å². The fraction of sp³-hybridized carbons (Fsp3) is 0.250. The molecule has 1 N–H and O–H groups in total. The van der Waals surface area contributed by atoms with Gasteiger partial charge in [-0.15, -0.1) is 0 Å². The molecule has 3 heteroatoms. The van der Waals surface area contributed by atoms with Crippen molar-refractivity contribution in [1.82, 2.24) is 4.98 Å². The number of aromatic nitrogens is 2. The number of aromatic amines is 1. The molecule has 0 aliphatic heterocycles. The Labute approximate surface area is 107 Å². The average Bonchev–Trinajstić information content (AvgIpc) is 2.69. The van der Waals surface area contributed by atoms with Gasteiger partial charge < -0.3 is 24.0 Å². The molecule has 0 saturated carbocycles. The van der Waals surface area contributed by atoms with Crippen LogP contribution in [0, 0.1) is 6.92 Å². The monoisotopic (exact) mass is 314 g/mol. The summed E-state index contributed by atoms with van der Waals surface area (Å²) in [5, 5.41) is 0. The number of nitrogens with zero attached hydrogens (tertiary/aromatic N) is 1. The molecule has 0 fully saturated rings. The Morgan fingerprint density at radius 3 is 2.73 bits per heavy atom. The van der Waals surface area contributed by atoms with Gasteiger partial charge in [-0.3, -0.25) is 4.98 Å². The second kappa shape index (κ2) is 5.30. The van der Waals surface area contributed by atoms with Crippen molar-refractivity contribution in [3.8, 4) is 0 Å². The second-order valence-electron chi connectivity index (χ2n) is 3.65. The first-order chi connectivity index (χ1) is 6.77. The smallest absolute Gasteiger partial charge is 0.242 e. The normalized spacial score (nSPS) is 11.9. The minimum Gasteiger partial charge on any atom is -1.00 e. The topological polar surface area (TPSA) is 19.7 Å². The number of benzene rings is 1. The molecule has 15 heavy (non-hydrogen) atoms. The molecule has 2 nitrogen and oxygen atoms in total. The minimum atomic E-state index is 0. The van der Waals surface area contributed by atoms with Crippen molar-refractivity contribution in [2.75, 3.05) is 0 Å². The largest absolute Gasteiger partial charge is 1.00 e. The highest BCUT2D eigenvalue weighted by Crippen LogP contribution is 2.12. The van der Waals surface area contributed by atoms with Crippen molar-refractivity contribution in [3.63, 3.8) is 0 Å². The van der Waals surface area contributed by atoms with Crippen LogP contribution in [0.2, 0.25) is 0 Å². The van der Waals surface area contributed by atoms with E-state index in [9.17, 15) is 0 Å². The van der Waals surface area contributed by atoms with Crippen molar-refractivity contribution < 1.29 is 28.5 Å². The Hall–Kier alpha value is -0.840. The van der Waals surface area contributed by atoms with Gasteiger partial charge in [0.1, 0.15) is 18.4 Å². The predicted molar refractivity (Wildman–Crippen MR) is 56.0 cm³/mol. The minimum absolute atomic E-state index is 0. The summed E-state index contributed by atoms with van der Waals surface area (Å²) in [5.74, 6) is 0. The van der Waals surface area contributed by atoms with E-state index in [0.29, 0.717) is 6.04 Å². The molecule has 1 atom stereocenters. The van der Waals surface area contributed by atoms with E-state index in [1.165, 1.54) is 11.1 Å². The van der Waals surface area contributed by atoms with E-state index in [0.717, 1.165) is 0 Å². The summed E-state index contributed by atoms with van der Waals surface area (Å²) < 4.78 is 2.16. The first kappa shape index (κ1) is 12.2. The molecule has 80 valence electrons. The third-order valence-electron chi connectivity index (χ3n) is 2.54. The standard InChI is InChI=1S/C12H14N2.HI/c1-10-4-3-5-12(8-10)11(2)14-7-6-13-9-14;/h3-9,11H,1-2H3;1H. The van der Waals surface area contributed by atoms with Gasteiger partial charge in [0.15, 0.2) is 0 Å². The zero-order valence-corrected chi connectivity index (χ0v) is 11.1. The number of halogens is 1. The molecular weight excluding hydrogens is 299 g/mol.